The summed E-state index contributed by atoms with van der Waals surface area (Å²) in [5.41, 5.74) is 0.799. The zero-order valence-corrected chi connectivity index (χ0v) is 12.7. The molecule has 120 valence electrons. The fraction of sp³-hybridized carbons (Fsp3) is 0.529. The van der Waals surface area contributed by atoms with Gasteiger partial charge in [-0.25, -0.2) is 9.37 Å². The highest BCUT2D eigenvalue weighted by atomic mass is 19.1. The molecule has 1 saturated carbocycles. The third-order valence-electron chi connectivity index (χ3n) is 5.92. The summed E-state index contributed by atoms with van der Waals surface area (Å²) >= 11 is 0. The molecule has 5 nitrogen and oxygen atoms in total. The number of rotatable bonds is 2. The summed E-state index contributed by atoms with van der Waals surface area (Å²) in [5.74, 6) is -0.115. The maximum atomic E-state index is 13.6. The Morgan fingerprint density at radius 1 is 1.39 bits per heavy atom. The normalized spacial score (nSPS) is 30.7. The van der Waals surface area contributed by atoms with Crippen LogP contribution in [-0.4, -0.2) is 40.5 Å². The highest BCUT2D eigenvalue weighted by Crippen LogP contribution is 2.53. The lowest BCUT2D eigenvalue weighted by molar-refractivity contribution is -0.00152. The molecule has 1 amide bonds. The molecule has 1 N–H and O–H groups in total. The van der Waals surface area contributed by atoms with E-state index < -0.39 is 5.82 Å². The minimum atomic E-state index is -0.460. The van der Waals surface area contributed by atoms with Crippen LogP contribution in [0, 0.1) is 11.7 Å². The maximum Gasteiger partial charge on any atom is 0.270 e. The van der Waals surface area contributed by atoms with Crippen LogP contribution in [0.3, 0.4) is 0 Å². The van der Waals surface area contributed by atoms with Crippen molar-refractivity contribution in [3.63, 3.8) is 0 Å². The van der Waals surface area contributed by atoms with Gasteiger partial charge in [-0.15, -0.1) is 0 Å². The number of hydrogen-bond donors (Lipinski definition) is 1. The molecule has 0 unspecified atom stereocenters. The van der Waals surface area contributed by atoms with E-state index in [1.807, 2.05) is 0 Å². The molecule has 0 radical (unpaired) electrons. The van der Waals surface area contributed by atoms with E-state index in [-0.39, 0.29) is 23.2 Å². The molecule has 2 aromatic heterocycles. The van der Waals surface area contributed by atoms with Crippen LogP contribution in [0.1, 0.15) is 36.2 Å². The van der Waals surface area contributed by atoms with E-state index >= 15 is 0 Å². The van der Waals surface area contributed by atoms with Gasteiger partial charge in [0.15, 0.2) is 11.4 Å². The first-order valence-corrected chi connectivity index (χ1v) is 8.26. The standard InChI is InChI=1S/C17H18FN3O2/c18-12-9-23-14-8-19-13(7-11(12)14)16(22)20-15-10-1-5-21(6-2-10)17(15)3-4-17/h7-10,15H,1-6H2,(H,20,22)/t15-/m0/s1. The van der Waals surface area contributed by atoms with E-state index in [1.54, 1.807) is 0 Å². The third-order valence-corrected chi connectivity index (χ3v) is 5.92. The van der Waals surface area contributed by atoms with Crippen LogP contribution in [-0.2, 0) is 0 Å². The van der Waals surface area contributed by atoms with Crippen LogP contribution in [0.15, 0.2) is 22.9 Å². The van der Waals surface area contributed by atoms with Crippen molar-refractivity contribution >= 4 is 16.9 Å². The van der Waals surface area contributed by atoms with Crippen molar-refractivity contribution in [3.8, 4) is 0 Å². The highest BCUT2D eigenvalue weighted by molar-refractivity contribution is 5.95. The van der Waals surface area contributed by atoms with E-state index in [0.29, 0.717) is 16.9 Å². The van der Waals surface area contributed by atoms with Crippen molar-refractivity contribution in [3.05, 3.63) is 30.0 Å². The summed E-state index contributed by atoms with van der Waals surface area (Å²) in [6, 6.07) is 1.67. The molecule has 2 bridgehead atoms. The average Bonchev–Trinajstić information content (AvgIpc) is 3.28. The van der Waals surface area contributed by atoms with Crippen LogP contribution in [0.5, 0.6) is 0 Å². The minimum Gasteiger partial charge on any atom is -0.460 e. The Labute approximate surface area is 132 Å². The van der Waals surface area contributed by atoms with Gasteiger partial charge < -0.3 is 9.73 Å². The Morgan fingerprint density at radius 2 is 2.17 bits per heavy atom. The topological polar surface area (TPSA) is 58.4 Å². The number of carbonyl (C=O) groups is 1. The lowest BCUT2D eigenvalue weighted by Gasteiger charge is -2.52. The average molecular weight is 315 g/mol. The molecule has 23 heavy (non-hydrogen) atoms. The monoisotopic (exact) mass is 315 g/mol. The minimum absolute atomic E-state index is 0.182. The summed E-state index contributed by atoms with van der Waals surface area (Å²) in [7, 11) is 0. The molecule has 1 atom stereocenters. The number of fused-ring (bicyclic) bond motifs is 3. The summed E-state index contributed by atoms with van der Waals surface area (Å²) in [6.07, 6.45) is 7.08. The lowest BCUT2D eigenvalue weighted by atomic mass is 9.77. The van der Waals surface area contributed by atoms with Crippen molar-refractivity contribution in [2.45, 2.75) is 37.3 Å². The predicted molar refractivity (Wildman–Crippen MR) is 81.5 cm³/mol. The van der Waals surface area contributed by atoms with E-state index in [4.69, 9.17) is 4.42 Å². The van der Waals surface area contributed by atoms with Crippen LogP contribution >= 0.6 is 0 Å². The van der Waals surface area contributed by atoms with E-state index in [1.165, 1.54) is 12.3 Å². The second-order valence-electron chi connectivity index (χ2n) is 7.03. The molecule has 5 heterocycles. The number of furan rings is 1. The number of nitrogens with one attached hydrogen (secondary N) is 1. The molecule has 0 aromatic carbocycles. The zero-order valence-electron chi connectivity index (χ0n) is 12.7. The summed E-state index contributed by atoms with van der Waals surface area (Å²) in [5, 5.41) is 3.51. The number of pyridine rings is 1. The Hall–Kier alpha value is -1.95. The molecule has 1 aliphatic carbocycles. The first-order valence-electron chi connectivity index (χ1n) is 8.26. The van der Waals surface area contributed by atoms with Gasteiger partial charge in [-0.1, -0.05) is 0 Å². The lowest BCUT2D eigenvalue weighted by Crippen LogP contribution is -2.65. The predicted octanol–water partition coefficient (Wildman–Crippen LogP) is 2.32. The molecular weight excluding hydrogens is 297 g/mol. The highest BCUT2D eigenvalue weighted by Gasteiger charge is 2.60. The van der Waals surface area contributed by atoms with Crippen LogP contribution in [0.2, 0.25) is 0 Å². The molecule has 6 heteroatoms. The smallest absolute Gasteiger partial charge is 0.270 e. The van der Waals surface area contributed by atoms with E-state index in [9.17, 15) is 9.18 Å². The first-order chi connectivity index (χ1) is 11.2. The van der Waals surface area contributed by atoms with E-state index in [2.05, 4.69) is 15.2 Å². The van der Waals surface area contributed by atoms with E-state index in [0.717, 1.165) is 45.0 Å². The van der Waals surface area contributed by atoms with Gasteiger partial charge in [0, 0.05) is 5.54 Å². The van der Waals surface area contributed by atoms with Gasteiger partial charge in [0.2, 0.25) is 0 Å². The number of hydrogen-bond acceptors (Lipinski definition) is 4. The second-order valence-corrected chi connectivity index (χ2v) is 7.03. The molecule has 1 spiro atoms. The molecule has 2 aromatic rings. The van der Waals surface area contributed by atoms with Gasteiger partial charge >= 0.3 is 0 Å². The molecular formula is C17H18FN3O2. The second kappa shape index (κ2) is 4.54. The fourth-order valence-corrected chi connectivity index (χ4v) is 4.56. The fourth-order valence-electron chi connectivity index (χ4n) is 4.56. The van der Waals surface area contributed by atoms with Gasteiger partial charge in [-0.3, -0.25) is 9.69 Å². The number of piperidine rings is 3. The number of amides is 1. The Kier molecular flexibility index (Phi) is 2.66. The van der Waals surface area contributed by atoms with Crippen molar-refractivity contribution in [1.29, 1.82) is 0 Å². The van der Waals surface area contributed by atoms with Crippen molar-refractivity contribution in [1.82, 2.24) is 15.2 Å². The van der Waals surface area contributed by atoms with Gasteiger partial charge in [-0.2, -0.15) is 0 Å². The van der Waals surface area contributed by atoms with Crippen molar-refractivity contribution in [2.24, 2.45) is 5.92 Å². The quantitative estimate of drug-likeness (QED) is 0.924. The molecule has 3 aliphatic heterocycles. The third kappa shape index (κ3) is 1.87. The van der Waals surface area contributed by atoms with Gasteiger partial charge in [0.05, 0.1) is 17.6 Å². The van der Waals surface area contributed by atoms with Gasteiger partial charge in [0.1, 0.15) is 12.0 Å². The number of aromatic nitrogens is 1. The Bertz CT molecular complexity index is 790. The van der Waals surface area contributed by atoms with Crippen molar-refractivity contribution in [2.75, 3.05) is 13.1 Å². The number of nitrogens with zero attached hydrogens (tertiary/aromatic N) is 2. The van der Waals surface area contributed by atoms with Crippen LogP contribution in [0.4, 0.5) is 4.39 Å². The van der Waals surface area contributed by atoms with Gasteiger partial charge in [0.25, 0.3) is 5.91 Å². The van der Waals surface area contributed by atoms with Crippen LogP contribution in [0.25, 0.3) is 11.0 Å². The number of halogens is 1. The maximum absolute atomic E-state index is 13.6. The Balaban J connectivity index is 1.43. The van der Waals surface area contributed by atoms with Crippen molar-refractivity contribution < 1.29 is 13.6 Å². The largest absolute Gasteiger partial charge is 0.460 e. The molecule has 6 rings (SSSR count). The summed E-state index contributed by atoms with van der Waals surface area (Å²) < 4.78 is 18.7. The first kappa shape index (κ1) is 13.5. The molecule has 3 saturated heterocycles. The SMILES string of the molecule is O=C(N[C@H]1C2CCN(CC2)C12CC2)c1cc2c(F)coc2cn1. The summed E-state index contributed by atoms with van der Waals surface area (Å²) in [4.78, 5) is 19.3. The zero-order chi connectivity index (χ0) is 15.6. The number of carbonyl (C=O) groups excluding carboxylic acids is 1. The Morgan fingerprint density at radius 3 is 2.91 bits per heavy atom. The van der Waals surface area contributed by atoms with Gasteiger partial charge in [-0.05, 0) is 50.8 Å². The molecule has 4 aliphatic rings. The van der Waals surface area contributed by atoms with Crippen LogP contribution < -0.4 is 5.32 Å². The molecule has 4 fully saturated rings. The summed E-state index contributed by atoms with van der Waals surface area (Å²) in [6.45, 7) is 2.31.